The van der Waals surface area contributed by atoms with Crippen LogP contribution < -0.4 is 5.32 Å². The summed E-state index contributed by atoms with van der Waals surface area (Å²) in [7, 11) is 0. The number of hydrogen-bond acceptors (Lipinski definition) is 2. The van der Waals surface area contributed by atoms with Gasteiger partial charge in [-0.2, -0.15) is 0 Å². The number of anilines is 1. The van der Waals surface area contributed by atoms with Crippen LogP contribution in [0.3, 0.4) is 0 Å². The lowest BCUT2D eigenvalue weighted by molar-refractivity contribution is 0.102. The zero-order chi connectivity index (χ0) is 14.6. The van der Waals surface area contributed by atoms with E-state index < -0.39 is 0 Å². The molecule has 1 amide bonds. The van der Waals surface area contributed by atoms with Crippen molar-refractivity contribution in [1.82, 2.24) is 4.98 Å². The first-order valence-electron chi connectivity index (χ1n) is 6.75. The molecule has 0 saturated heterocycles. The van der Waals surface area contributed by atoms with E-state index in [0.717, 1.165) is 12.1 Å². The zero-order valence-corrected chi connectivity index (χ0v) is 12.2. The van der Waals surface area contributed by atoms with Gasteiger partial charge in [-0.3, -0.25) is 9.78 Å². The highest BCUT2D eigenvalue weighted by Gasteiger charge is 2.12. The summed E-state index contributed by atoms with van der Waals surface area (Å²) in [6.07, 6.45) is 2.59. The van der Waals surface area contributed by atoms with Crippen LogP contribution in [0.1, 0.15) is 36.8 Å². The molecule has 2 aromatic rings. The van der Waals surface area contributed by atoms with Crippen LogP contribution in [-0.2, 0) is 6.42 Å². The molecule has 3 heteroatoms. The fraction of sp³-hybridized carbons (Fsp3) is 0.294. The predicted molar refractivity (Wildman–Crippen MR) is 81.8 cm³/mol. The number of rotatable bonds is 3. The van der Waals surface area contributed by atoms with Crippen LogP contribution in [0.25, 0.3) is 0 Å². The van der Waals surface area contributed by atoms with E-state index in [1.807, 2.05) is 18.2 Å². The molecule has 0 aliphatic rings. The van der Waals surface area contributed by atoms with E-state index in [-0.39, 0.29) is 11.3 Å². The predicted octanol–water partition coefficient (Wildman–Crippen LogP) is 3.92. The van der Waals surface area contributed by atoms with Crippen LogP contribution >= 0.6 is 0 Å². The first-order chi connectivity index (χ1) is 9.44. The van der Waals surface area contributed by atoms with E-state index in [0.29, 0.717) is 5.69 Å². The van der Waals surface area contributed by atoms with Crippen molar-refractivity contribution in [1.29, 1.82) is 0 Å². The molecule has 1 aromatic heterocycles. The normalized spacial score (nSPS) is 11.2. The molecule has 1 N–H and O–H groups in total. The van der Waals surface area contributed by atoms with Gasteiger partial charge in [0.15, 0.2) is 0 Å². The number of pyridine rings is 1. The molecule has 0 radical (unpaired) electrons. The zero-order valence-electron chi connectivity index (χ0n) is 12.2. The van der Waals surface area contributed by atoms with Crippen LogP contribution in [0, 0.1) is 5.41 Å². The van der Waals surface area contributed by atoms with Crippen molar-refractivity contribution in [3.63, 3.8) is 0 Å². The van der Waals surface area contributed by atoms with E-state index in [4.69, 9.17) is 0 Å². The van der Waals surface area contributed by atoms with E-state index in [9.17, 15) is 4.79 Å². The summed E-state index contributed by atoms with van der Waals surface area (Å²) in [5.41, 5.74) is 2.68. The molecule has 1 heterocycles. The minimum absolute atomic E-state index is 0.182. The Labute approximate surface area is 120 Å². The second-order valence-corrected chi connectivity index (χ2v) is 6.11. The highest BCUT2D eigenvalue weighted by Crippen LogP contribution is 2.22. The Bertz CT molecular complexity index is 585. The van der Waals surface area contributed by atoms with Crippen molar-refractivity contribution in [2.45, 2.75) is 27.2 Å². The van der Waals surface area contributed by atoms with E-state index in [1.54, 1.807) is 24.4 Å². The summed E-state index contributed by atoms with van der Waals surface area (Å²) in [6, 6.07) is 13.3. The molecule has 0 fully saturated rings. The van der Waals surface area contributed by atoms with Gasteiger partial charge in [-0.1, -0.05) is 39.0 Å². The van der Waals surface area contributed by atoms with Gasteiger partial charge in [-0.25, -0.2) is 0 Å². The molecule has 3 nitrogen and oxygen atoms in total. The fourth-order valence-electron chi connectivity index (χ4n) is 2.06. The summed E-state index contributed by atoms with van der Waals surface area (Å²) in [5, 5.41) is 2.88. The summed E-state index contributed by atoms with van der Waals surface area (Å²) in [4.78, 5) is 16.1. The molecule has 104 valence electrons. The van der Waals surface area contributed by atoms with E-state index in [1.165, 1.54) is 5.56 Å². The molecule has 2 rings (SSSR count). The van der Waals surface area contributed by atoms with Crippen LogP contribution in [-0.4, -0.2) is 10.9 Å². The number of nitrogens with one attached hydrogen (secondary N) is 1. The maximum Gasteiger partial charge on any atom is 0.274 e. The second-order valence-electron chi connectivity index (χ2n) is 6.11. The monoisotopic (exact) mass is 268 g/mol. The topological polar surface area (TPSA) is 42.0 Å². The van der Waals surface area contributed by atoms with Crippen molar-refractivity contribution in [2.24, 2.45) is 5.41 Å². The maximum atomic E-state index is 12.0. The Balaban J connectivity index is 2.10. The van der Waals surface area contributed by atoms with Gasteiger partial charge in [0, 0.05) is 11.9 Å². The van der Waals surface area contributed by atoms with Gasteiger partial charge >= 0.3 is 0 Å². The standard InChI is InChI=1S/C17H20N2O/c1-17(2,3)12-13-7-6-8-14(11-13)19-16(20)15-9-4-5-10-18-15/h4-11H,12H2,1-3H3,(H,19,20). The lowest BCUT2D eigenvalue weighted by Crippen LogP contribution is -2.14. The van der Waals surface area contributed by atoms with Crippen molar-refractivity contribution < 1.29 is 4.79 Å². The molecular formula is C17H20N2O. The number of nitrogens with zero attached hydrogens (tertiary/aromatic N) is 1. The molecule has 0 bridgehead atoms. The second kappa shape index (κ2) is 5.87. The Morgan fingerprint density at radius 2 is 1.95 bits per heavy atom. The number of hydrogen-bond donors (Lipinski definition) is 1. The molecule has 0 aliphatic carbocycles. The van der Waals surface area contributed by atoms with E-state index >= 15 is 0 Å². The average molecular weight is 268 g/mol. The summed E-state index contributed by atoms with van der Waals surface area (Å²) in [5.74, 6) is -0.182. The highest BCUT2D eigenvalue weighted by atomic mass is 16.1. The van der Waals surface area contributed by atoms with Crippen molar-refractivity contribution >= 4 is 11.6 Å². The smallest absolute Gasteiger partial charge is 0.274 e. The molecule has 20 heavy (non-hydrogen) atoms. The Hall–Kier alpha value is -2.16. The molecule has 0 atom stereocenters. The van der Waals surface area contributed by atoms with Gasteiger partial charge in [-0.05, 0) is 41.7 Å². The molecule has 0 spiro atoms. The third-order valence-corrected chi connectivity index (χ3v) is 2.82. The quantitative estimate of drug-likeness (QED) is 0.916. The minimum atomic E-state index is -0.182. The third-order valence-electron chi connectivity index (χ3n) is 2.82. The number of benzene rings is 1. The minimum Gasteiger partial charge on any atom is -0.321 e. The van der Waals surface area contributed by atoms with E-state index in [2.05, 4.69) is 37.1 Å². The lowest BCUT2D eigenvalue weighted by atomic mass is 9.88. The summed E-state index contributed by atoms with van der Waals surface area (Å²) >= 11 is 0. The Kier molecular flexibility index (Phi) is 4.18. The molecule has 0 saturated carbocycles. The van der Waals surface area contributed by atoms with Gasteiger partial charge in [-0.15, -0.1) is 0 Å². The number of amides is 1. The molecule has 0 unspecified atom stereocenters. The van der Waals surface area contributed by atoms with Crippen LogP contribution in [0.4, 0.5) is 5.69 Å². The van der Waals surface area contributed by atoms with Crippen LogP contribution in [0.5, 0.6) is 0 Å². The van der Waals surface area contributed by atoms with Gasteiger partial charge in [0.2, 0.25) is 0 Å². The van der Waals surface area contributed by atoms with Crippen molar-refractivity contribution in [3.8, 4) is 0 Å². The van der Waals surface area contributed by atoms with Crippen LogP contribution in [0.15, 0.2) is 48.7 Å². The van der Waals surface area contributed by atoms with Crippen molar-refractivity contribution in [2.75, 3.05) is 5.32 Å². The number of aromatic nitrogens is 1. The van der Waals surface area contributed by atoms with Gasteiger partial charge in [0.05, 0.1) is 0 Å². The number of carbonyl (C=O) groups is 1. The lowest BCUT2D eigenvalue weighted by Gasteiger charge is -2.18. The third kappa shape index (κ3) is 4.19. The summed E-state index contributed by atoms with van der Waals surface area (Å²) < 4.78 is 0. The van der Waals surface area contributed by atoms with Crippen molar-refractivity contribution in [3.05, 3.63) is 59.9 Å². The first-order valence-corrected chi connectivity index (χ1v) is 6.75. The maximum absolute atomic E-state index is 12.0. The molecule has 0 aliphatic heterocycles. The van der Waals surface area contributed by atoms with Gasteiger partial charge in [0.1, 0.15) is 5.69 Å². The molecule has 1 aromatic carbocycles. The molecular weight excluding hydrogens is 248 g/mol. The Morgan fingerprint density at radius 1 is 1.15 bits per heavy atom. The fourth-order valence-corrected chi connectivity index (χ4v) is 2.06. The SMILES string of the molecule is CC(C)(C)Cc1cccc(NC(=O)c2ccccn2)c1. The largest absolute Gasteiger partial charge is 0.321 e. The Morgan fingerprint density at radius 3 is 2.60 bits per heavy atom. The first kappa shape index (κ1) is 14.3. The average Bonchev–Trinajstić information content (AvgIpc) is 2.38. The van der Waals surface area contributed by atoms with Gasteiger partial charge < -0.3 is 5.32 Å². The number of carbonyl (C=O) groups excluding carboxylic acids is 1. The van der Waals surface area contributed by atoms with Crippen LogP contribution in [0.2, 0.25) is 0 Å². The highest BCUT2D eigenvalue weighted by molar-refractivity contribution is 6.02. The van der Waals surface area contributed by atoms with Gasteiger partial charge in [0.25, 0.3) is 5.91 Å². The summed E-state index contributed by atoms with van der Waals surface area (Å²) in [6.45, 7) is 6.60.